The topological polar surface area (TPSA) is 51.5 Å². The number of hydrogen-bond donors (Lipinski definition) is 1. The van der Waals surface area contributed by atoms with Crippen LogP contribution in [0.4, 0.5) is 8.78 Å². The minimum Gasteiger partial charge on any atom is -0.381 e. The van der Waals surface area contributed by atoms with Gasteiger partial charge in [-0.1, -0.05) is 24.3 Å². The highest BCUT2D eigenvalue weighted by Crippen LogP contribution is 2.26. The van der Waals surface area contributed by atoms with Gasteiger partial charge in [0, 0.05) is 73.0 Å². The zero-order valence-corrected chi connectivity index (χ0v) is 19.8. The fourth-order valence-electron chi connectivity index (χ4n) is 4.85. The average molecular weight is 485 g/mol. The molecule has 0 saturated carbocycles. The third-order valence-electron chi connectivity index (χ3n) is 6.88. The third kappa shape index (κ3) is 4.59. The number of aromatic nitrogens is 3. The highest BCUT2D eigenvalue weighted by Gasteiger charge is 2.15. The lowest BCUT2D eigenvalue weighted by Crippen LogP contribution is -2.34. The van der Waals surface area contributed by atoms with E-state index >= 15 is 0 Å². The molecule has 0 spiro atoms. The van der Waals surface area contributed by atoms with E-state index in [9.17, 15) is 8.78 Å². The van der Waals surface area contributed by atoms with Crippen molar-refractivity contribution in [3.63, 3.8) is 0 Å². The van der Waals surface area contributed by atoms with Crippen molar-refractivity contribution in [2.45, 2.75) is 31.8 Å². The molecule has 1 aliphatic heterocycles. The van der Waals surface area contributed by atoms with Gasteiger partial charge < -0.3 is 14.5 Å². The van der Waals surface area contributed by atoms with Crippen LogP contribution in [-0.4, -0.2) is 33.6 Å². The van der Waals surface area contributed by atoms with Crippen molar-refractivity contribution >= 4 is 16.6 Å². The van der Waals surface area contributed by atoms with E-state index in [-0.39, 0.29) is 11.5 Å². The summed E-state index contributed by atoms with van der Waals surface area (Å²) in [6, 6.07) is 16.9. The van der Waals surface area contributed by atoms with E-state index in [0.717, 1.165) is 48.2 Å². The summed E-state index contributed by atoms with van der Waals surface area (Å²) in [4.78, 5) is 8.66. The summed E-state index contributed by atoms with van der Waals surface area (Å²) in [7, 11) is 0. The van der Waals surface area contributed by atoms with E-state index in [0.29, 0.717) is 35.7 Å². The number of ether oxygens (including phenoxy) is 1. The van der Waals surface area contributed by atoms with Crippen molar-refractivity contribution in [2.75, 3.05) is 13.2 Å². The lowest BCUT2D eigenvalue weighted by molar-refractivity contribution is 0.0775. The molecule has 0 bridgehead atoms. The van der Waals surface area contributed by atoms with Crippen LogP contribution in [0.1, 0.15) is 29.7 Å². The predicted molar refractivity (Wildman–Crippen MR) is 136 cm³/mol. The summed E-state index contributed by atoms with van der Waals surface area (Å²) in [5.41, 5.74) is 4.95. The van der Waals surface area contributed by atoms with Crippen molar-refractivity contribution in [2.24, 2.45) is 0 Å². The second kappa shape index (κ2) is 9.76. The van der Waals surface area contributed by atoms with Crippen LogP contribution in [0.25, 0.3) is 27.7 Å². The zero-order chi connectivity index (χ0) is 24.5. The first kappa shape index (κ1) is 22.8. The van der Waals surface area contributed by atoms with Crippen molar-refractivity contribution in [1.82, 2.24) is 19.7 Å². The Kier molecular flexibility index (Phi) is 6.17. The Morgan fingerprint density at radius 3 is 2.67 bits per heavy atom. The van der Waals surface area contributed by atoms with E-state index in [2.05, 4.69) is 21.4 Å². The van der Waals surface area contributed by atoms with Gasteiger partial charge in [-0.05, 0) is 54.3 Å². The molecule has 0 radical (unpaired) electrons. The molecule has 1 saturated heterocycles. The van der Waals surface area contributed by atoms with Crippen LogP contribution < -0.4 is 5.32 Å². The van der Waals surface area contributed by atoms with Gasteiger partial charge in [0.1, 0.15) is 5.82 Å². The maximum absolute atomic E-state index is 15.0. The summed E-state index contributed by atoms with van der Waals surface area (Å²) in [5.74, 6) is -0.740. The molecule has 4 heterocycles. The van der Waals surface area contributed by atoms with Gasteiger partial charge in [-0.15, -0.1) is 0 Å². The van der Waals surface area contributed by atoms with E-state index < -0.39 is 5.82 Å². The molecule has 3 aromatic heterocycles. The molecule has 36 heavy (non-hydrogen) atoms. The molecule has 182 valence electrons. The molecular formula is C29H26F2N4O. The number of benzene rings is 2. The number of halogens is 2. The van der Waals surface area contributed by atoms with Gasteiger partial charge in [0.25, 0.3) is 0 Å². The number of nitrogens with one attached hydrogen (secondary N) is 1. The van der Waals surface area contributed by atoms with Crippen molar-refractivity contribution in [1.29, 1.82) is 0 Å². The summed E-state index contributed by atoms with van der Waals surface area (Å²) < 4.78 is 37.1. The Morgan fingerprint density at radius 2 is 1.81 bits per heavy atom. The van der Waals surface area contributed by atoms with Crippen molar-refractivity contribution in [3.8, 4) is 11.1 Å². The zero-order valence-electron chi connectivity index (χ0n) is 19.8. The van der Waals surface area contributed by atoms with Gasteiger partial charge in [0.05, 0.1) is 5.52 Å². The molecule has 1 fully saturated rings. The third-order valence-corrected chi connectivity index (χ3v) is 6.88. The molecule has 2 aromatic carbocycles. The van der Waals surface area contributed by atoms with Crippen LogP contribution in [0, 0.1) is 11.6 Å². The minimum atomic E-state index is -0.438. The predicted octanol–water partition coefficient (Wildman–Crippen LogP) is 5.69. The second-order valence-electron chi connectivity index (χ2n) is 9.30. The Labute approximate surface area is 207 Å². The van der Waals surface area contributed by atoms with E-state index in [4.69, 9.17) is 4.74 Å². The molecule has 1 aliphatic rings. The Hall–Kier alpha value is -3.68. The average Bonchev–Trinajstić information content (AvgIpc) is 3.31. The number of rotatable bonds is 6. The van der Waals surface area contributed by atoms with E-state index in [1.54, 1.807) is 22.9 Å². The van der Waals surface area contributed by atoms with Gasteiger partial charge in [-0.3, -0.25) is 4.98 Å². The fraction of sp³-hybridized carbons (Fsp3) is 0.241. The van der Waals surface area contributed by atoms with Crippen LogP contribution in [0.5, 0.6) is 0 Å². The van der Waals surface area contributed by atoms with Crippen LogP contribution in [0.3, 0.4) is 0 Å². The Bertz CT molecular complexity index is 1540. The Morgan fingerprint density at radius 1 is 0.944 bits per heavy atom. The largest absolute Gasteiger partial charge is 0.381 e. The van der Waals surface area contributed by atoms with E-state index in [1.807, 2.05) is 36.5 Å². The van der Waals surface area contributed by atoms with Gasteiger partial charge >= 0.3 is 0 Å². The first-order valence-corrected chi connectivity index (χ1v) is 12.2. The molecular weight excluding hydrogens is 458 g/mol. The Balaban J connectivity index is 1.27. The summed E-state index contributed by atoms with van der Waals surface area (Å²) in [6.45, 7) is 1.93. The van der Waals surface area contributed by atoms with E-state index in [1.165, 1.54) is 12.1 Å². The fourth-order valence-corrected chi connectivity index (χ4v) is 4.85. The van der Waals surface area contributed by atoms with Gasteiger partial charge in [0.15, 0.2) is 11.5 Å². The van der Waals surface area contributed by atoms with Crippen LogP contribution >= 0.6 is 0 Å². The summed E-state index contributed by atoms with van der Waals surface area (Å²) in [5, 5.41) is 4.47. The lowest BCUT2D eigenvalue weighted by Gasteiger charge is -2.23. The molecule has 7 heteroatoms. The SMILES string of the molecule is Fc1cc(-c2cc(F)c3ncc(Cc4ccc5ncccc5c4)n3c2)ccc1CNC1CCOCC1. The van der Waals surface area contributed by atoms with Gasteiger partial charge in [-0.2, -0.15) is 0 Å². The van der Waals surface area contributed by atoms with Crippen LogP contribution in [0.15, 0.2) is 73.2 Å². The standard InChI is InChI=1S/C29H26F2N4O/c30-26-14-20(4-5-22(26)16-33-24-7-10-36-11-8-24)23-15-27(31)29-34-17-25(35(29)18-23)13-19-3-6-28-21(12-19)2-1-9-32-28/h1-6,9,12,14-15,17-18,24,33H,7-8,10-11,13,16H2. The number of imidazole rings is 1. The van der Waals surface area contributed by atoms with Crippen LogP contribution in [-0.2, 0) is 17.7 Å². The maximum Gasteiger partial charge on any atom is 0.173 e. The van der Waals surface area contributed by atoms with Gasteiger partial charge in [0.2, 0.25) is 0 Å². The highest BCUT2D eigenvalue weighted by molar-refractivity contribution is 5.79. The maximum atomic E-state index is 15.0. The lowest BCUT2D eigenvalue weighted by atomic mass is 10.0. The molecule has 0 atom stereocenters. The van der Waals surface area contributed by atoms with Gasteiger partial charge in [-0.25, -0.2) is 13.8 Å². The molecule has 6 rings (SSSR count). The summed E-state index contributed by atoms with van der Waals surface area (Å²) in [6.07, 6.45) is 7.75. The molecule has 0 aliphatic carbocycles. The number of fused-ring (bicyclic) bond motifs is 2. The quantitative estimate of drug-likeness (QED) is 0.337. The highest BCUT2D eigenvalue weighted by atomic mass is 19.1. The molecule has 0 amide bonds. The van der Waals surface area contributed by atoms with Crippen LogP contribution in [0.2, 0.25) is 0 Å². The first-order chi connectivity index (χ1) is 17.6. The number of hydrogen-bond acceptors (Lipinski definition) is 4. The molecule has 5 nitrogen and oxygen atoms in total. The molecule has 0 unspecified atom stereocenters. The number of pyridine rings is 2. The first-order valence-electron chi connectivity index (χ1n) is 12.2. The number of nitrogens with zero attached hydrogens (tertiary/aromatic N) is 3. The van der Waals surface area contributed by atoms with Crippen molar-refractivity contribution < 1.29 is 13.5 Å². The molecule has 5 aromatic rings. The smallest absolute Gasteiger partial charge is 0.173 e. The second-order valence-corrected chi connectivity index (χ2v) is 9.30. The molecule has 1 N–H and O–H groups in total. The monoisotopic (exact) mass is 484 g/mol. The minimum absolute atomic E-state index is 0.258. The van der Waals surface area contributed by atoms with Crippen molar-refractivity contribution in [3.05, 3.63) is 102 Å². The summed E-state index contributed by atoms with van der Waals surface area (Å²) >= 11 is 0. The normalized spacial score (nSPS) is 14.6.